The van der Waals surface area contributed by atoms with Crippen molar-refractivity contribution in [2.45, 2.75) is 53.4 Å². The number of hydrogen-bond donors (Lipinski definition) is 0. The number of benzene rings is 1. The summed E-state index contributed by atoms with van der Waals surface area (Å²) < 4.78 is 0. The van der Waals surface area contributed by atoms with Gasteiger partial charge in [-0.1, -0.05) is 89.8 Å². The Bertz CT molecular complexity index is 182. The first kappa shape index (κ1) is 15.2. The van der Waals surface area contributed by atoms with Gasteiger partial charge in [-0.05, 0) is 11.8 Å². The molecule has 0 aliphatic heterocycles. The molecule has 0 radical (unpaired) electrons. The van der Waals surface area contributed by atoms with Crippen molar-refractivity contribution < 1.29 is 0 Å². The highest BCUT2D eigenvalue weighted by atomic mass is 14.3. The second-order valence-electron chi connectivity index (χ2n) is 4.62. The van der Waals surface area contributed by atoms with Gasteiger partial charge in [0.1, 0.15) is 0 Å². The lowest BCUT2D eigenvalue weighted by molar-refractivity contribution is 0.176. The third kappa shape index (κ3) is 4.83. The Kier molecular flexibility index (Phi) is 7.97. The quantitative estimate of drug-likeness (QED) is 0.538. The van der Waals surface area contributed by atoms with E-state index < -0.39 is 0 Å². The summed E-state index contributed by atoms with van der Waals surface area (Å²) in [6, 6.07) is 12.0. The van der Waals surface area contributed by atoms with Crippen LogP contribution in [-0.2, 0) is 0 Å². The third-order valence-electron chi connectivity index (χ3n) is 3.62. The lowest BCUT2D eigenvalue weighted by atomic mass is 9.71. The maximum Gasteiger partial charge on any atom is -0.0414 e. The van der Waals surface area contributed by atoms with Gasteiger partial charge in [-0.15, -0.1) is 0 Å². The van der Waals surface area contributed by atoms with E-state index in [1.807, 2.05) is 36.4 Å². The molecule has 0 N–H and O–H groups in total. The molecule has 0 spiro atoms. The van der Waals surface area contributed by atoms with Gasteiger partial charge in [0.25, 0.3) is 0 Å². The van der Waals surface area contributed by atoms with Crippen molar-refractivity contribution in [3.8, 4) is 0 Å². The summed E-state index contributed by atoms with van der Waals surface area (Å²) in [5.74, 6) is 2.31. The summed E-state index contributed by atoms with van der Waals surface area (Å²) in [7, 11) is 0. The van der Waals surface area contributed by atoms with E-state index >= 15 is 0 Å². The highest BCUT2D eigenvalue weighted by Crippen LogP contribution is 2.40. The van der Waals surface area contributed by atoms with Crippen LogP contribution in [0.1, 0.15) is 53.4 Å². The third-order valence-corrected chi connectivity index (χ3v) is 3.62. The van der Waals surface area contributed by atoms with Gasteiger partial charge in [0, 0.05) is 0 Å². The summed E-state index contributed by atoms with van der Waals surface area (Å²) in [5, 5.41) is 0. The lowest BCUT2D eigenvalue weighted by Crippen LogP contribution is -2.21. The normalized spacial score (nSPS) is 25.5. The van der Waals surface area contributed by atoms with E-state index in [1.54, 1.807) is 38.5 Å². The van der Waals surface area contributed by atoms with Crippen molar-refractivity contribution in [2.24, 2.45) is 11.8 Å². The minimum absolute atomic E-state index is 0. The van der Waals surface area contributed by atoms with Gasteiger partial charge >= 0.3 is 0 Å². The molecule has 0 saturated heterocycles. The standard InChI is InChI=1S/C8H14.C6H6.2CH4/c1-2-8-5-3-7(1)4-6-8;1-2-4-6-5-3-1;;/h7-8H,1-6H2;1-6H;2*1H4. The van der Waals surface area contributed by atoms with Crippen molar-refractivity contribution in [1.82, 2.24) is 0 Å². The molecule has 3 saturated carbocycles. The molecular formula is C16H28. The smallest absolute Gasteiger partial charge is 0.0414 e. The van der Waals surface area contributed by atoms with Crippen LogP contribution in [0.25, 0.3) is 0 Å². The van der Waals surface area contributed by atoms with Crippen LogP contribution in [0.3, 0.4) is 0 Å². The largest absolute Gasteiger partial charge is 0.0776 e. The molecule has 1 aromatic rings. The maximum absolute atomic E-state index is 2.00. The average molecular weight is 220 g/mol. The van der Waals surface area contributed by atoms with E-state index in [1.165, 1.54) is 0 Å². The van der Waals surface area contributed by atoms with Gasteiger partial charge in [-0.2, -0.15) is 0 Å². The van der Waals surface area contributed by atoms with Gasteiger partial charge in [0.2, 0.25) is 0 Å². The molecule has 0 atom stereocenters. The first-order valence-corrected chi connectivity index (χ1v) is 5.95. The minimum atomic E-state index is 0. The molecule has 3 aliphatic carbocycles. The fraction of sp³-hybridized carbons (Fsp3) is 0.625. The first-order valence-electron chi connectivity index (χ1n) is 5.95. The van der Waals surface area contributed by atoms with E-state index in [4.69, 9.17) is 0 Å². The van der Waals surface area contributed by atoms with Crippen LogP contribution < -0.4 is 0 Å². The van der Waals surface area contributed by atoms with E-state index in [2.05, 4.69) is 0 Å². The van der Waals surface area contributed by atoms with Gasteiger partial charge in [-0.25, -0.2) is 0 Å². The second kappa shape index (κ2) is 8.38. The van der Waals surface area contributed by atoms with Crippen LogP contribution in [0.15, 0.2) is 36.4 Å². The highest BCUT2D eigenvalue weighted by Gasteiger charge is 2.26. The van der Waals surface area contributed by atoms with Crippen LogP contribution in [0.2, 0.25) is 0 Å². The number of hydrogen-bond acceptors (Lipinski definition) is 0. The molecule has 4 rings (SSSR count). The Hall–Kier alpha value is -0.780. The summed E-state index contributed by atoms with van der Waals surface area (Å²) in [6.07, 6.45) is 9.36. The van der Waals surface area contributed by atoms with Gasteiger partial charge in [-0.3, -0.25) is 0 Å². The molecule has 2 bridgehead atoms. The van der Waals surface area contributed by atoms with Gasteiger partial charge < -0.3 is 0 Å². The molecule has 0 unspecified atom stereocenters. The molecule has 0 nitrogen and oxygen atoms in total. The molecule has 0 heteroatoms. The van der Waals surface area contributed by atoms with Crippen LogP contribution in [0.4, 0.5) is 0 Å². The minimum Gasteiger partial charge on any atom is -0.0776 e. The molecule has 0 amide bonds. The zero-order chi connectivity index (χ0) is 9.64. The second-order valence-corrected chi connectivity index (χ2v) is 4.62. The SMILES string of the molecule is C.C.C1CC2CCC1CC2.c1ccccc1. The van der Waals surface area contributed by atoms with Crippen LogP contribution in [0, 0.1) is 11.8 Å². The highest BCUT2D eigenvalue weighted by molar-refractivity contribution is 4.99. The van der Waals surface area contributed by atoms with Crippen molar-refractivity contribution in [3.63, 3.8) is 0 Å². The van der Waals surface area contributed by atoms with Gasteiger partial charge in [0.15, 0.2) is 0 Å². The topological polar surface area (TPSA) is 0 Å². The Labute approximate surface area is 102 Å². The Morgan fingerprint density at radius 3 is 0.750 bits per heavy atom. The van der Waals surface area contributed by atoms with Crippen molar-refractivity contribution >= 4 is 0 Å². The van der Waals surface area contributed by atoms with Crippen LogP contribution in [-0.4, -0.2) is 0 Å². The fourth-order valence-corrected chi connectivity index (χ4v) is 2.67. The number of fused-ring (bicyclic) bond motifs is 3. The Balaban J connectivity index is 0.000000259. The fourth-order valence-electron chi connectivity index (χ4n) is 2.67. The van der Waals surface area contributed by atoms with E-state index in [9.17, 15) is 0 Å². The molecule has 3 fully saturated rings. The zero-order valence-electron chi connectivity index (χ0n) is 8.86. The molecule has 0 heterocycles. The maximum atomic E-state index is 2.00. The summed E-state index contributed by atoms with van der Waals surface area (Å²) in [4.78, 5) is 0. The molecule has 1 aromatic carbocycles. The predicted molar refractivity (Wildman–Crippen MR) is 74.6 cm³/mol. The average Bonchev–Trinajstić information content (AvgIpc) is 2.35. The van der Waals surface area contributed by atoms with E-state index in [0.717, 1.165) is 11.8 Å². The summed E-state index contributed by atoms with van der Waals surface area (Å²) in [6.45, 7) is 0. The summed E-state index contributed by atoms with van der Waals surface area (Å²) >= 11 is 0. The van der Waals surface area contributed by atoms with Crippen molar-refractivity contribution in [1.29, 1.82) is 0 Å². The van der Waals surface area contributed by atoms with Gasteiger partial charge in [0.05, 0.1) is 0 Å². The Morgan fingerprint density at radius 1 is 0.438 bits per heavy atom. The Morgan fingerprint density at radius 2 is 0.625 bits per heavy atom. The monoisotopic (exact) mass is 220 g/mol. The first-order chi connectivity index (χ1) is 6.95. The van der Waals surface area contributed by atoms with Crippen molar-refractivity contribution in [3.05, 3.63) is 36.4 Å². The predicted octanol–water partition coefficient (Wildman–Crippen LogP) is 5.55. The number of rotatable bonds is 0. The molecule has 92 valence electrons. The molecule has 0 aromatic heterocycles. The van der Waals surface area contributed by atoms with Crippen molar-refractivity contribution in [2.75, 3.05) is 0 Å². The summed E-state index contributed by atoms with van der Waals surface area (Å²) in [5.41, 5.74) is 0. The van der Waals surface area contributed by atoms with Crippen LogP contribution in [0.5, 0.6) is 0 Å². The lowest BCUT2D eigenvalue weighted by Gasteiger charge is -2.35. The zero-order valence-corrected chi connectivity index (χ0v) is 8.86. The van der Waals surface area contributed by atoms with E-state index in [-0.39, 0.29) is 14.9 Å². The molecule has 16 heavy (non-hydrogen) atoms. The van der Waals surface area contributed by atoms with Crippen LogP contribution >= 0.6 is 0 Å². The van der Waals surface area contributed by atoms with E-state index in [0.29, 0.717) is 0 Å². The molecule has 3 aliphatic rings. The molecular weight excluding hydrogens is 192 g/mol.